The van der Waals surface area contributed by atoms with Crippen LogP contribution in [0, 0.1) is 0 Å². The highest BCUT2D eigenvalue weighted by atomic mass is 16.5. The average Bonchev–Trinajstić information content (AvgIpc) is 3.05. The van der Waals surface area contributed by atoms with Gasteiger partial charge < -0.3 is 9.84 Å². The molecule has 2 aromatic rings. The van der Waals surface area contributed by atoms with Crippen LogP contribution >= 0.6 is 0 Å². The Balaban J connectivity index is 1.56. The minimum atomic E-state index is -0.290. The first-order valence-electron chi connectivity index (χ1n) is 7.33. The second-order valence-electron chi connectivity index (χ2n) is 6.52. The SMILES string of the molecule is CC(C)(C)c1cc(NC(=O)N[C@@H]2CCc3ncnn3C2)no1. The van der Waals surface area contributed by atoms with E-state index >= 15 is 0 Å². The number of carbonyl (C=O) groups is 1. The van der Waals surface area contributed by atoms with E-state index in [2.05, 4.69) is 25.9 Å². The summed E-state index contributed by atoms with van der Waals surface area (Å²) in [5, 5.41) is 13.6. The quantitative estimate of drug-likeness (QED) is 0.880. The Bertz CT molecular complexity index is 669. The first-order valence-corrected chi connectivity index (χ1v) is 7.33. The zero-order valence-electron chi connectivity index (χ0n) is 13.0. The van der Waals surface area contributed by atoms with E-state index in [1.807, 2.05) is 25.5 Å². The highest BCUT2D eigenvalue weighted by Gasteiger charge is 2.23. The minimum absolute atomic E-state index is 0.0307. The lowest BCUT2D eigenvalue weighted by molar-refractivity contribution is 0.243. The molecule has 3 heterocycles. The van der Waals surface area contributed by atoms with Gasteiger partial charge in [-0.3, -0.25) is 5.32 Å². The normalized spacial score (nSPS) is 17.9. The molecule has 22 heavy (non-hydrogen) atoms. The molecule has 0 saturated heterocycles. The van der Waals surface area contributed by atoms with Crippen LogP contribution in [0.2, 0.25) is 0 Å². The second kappa shape index (κ2) is 5.43. The van der Waals surface area contributed by atoms with Crippen molar-refractivity contribution in [1.82, 2.24) is 25.2 Å². The zero-order chi connectivity index (χ0) is 15.7. The molecular weight excluding hydrogens is 284 g/mol. The van der Waals surface area contributed by atoms with Crippen molar-refractivity contribution in [1.29, 1.82) is 0 Å². The highest BCUT2D eigenvalue weighted by Crippen LogP contribution is 2.24. The van der Waals surface area contributed by atoms with E-state index in [4.69, 9.17) is 4.52 Å². The van der Waals surface area contributed by atoms with Gasteiger partial charge in [0.2, 0.25) is 0 Å². The second-order valence-corrected chi connectivity index (χ2v) is 6.52. The van der Waals surface area contributed by atoms with E-state index in [0.29, 0.717) is 12.4 Å². The van der Waals surface area contributed by atoms with Crippen molar-refractivity contribution in [2.45, 2.75) is 51.6 Å². The average molecular weight is 304 g/mol. The number of fused-ring (bicyclic) bond motifs is 1. The molecule has 2 aromatic heterocycles. The summed E-state index contributed by atoms with van der Waals surface area (Å²) in [6.07, 6.45) is 3.20. The largest absolute Gasteiger partial charge is 0.359 e. The summed E-state index contributed by atoms with van der Waals surface area (Å²) in [6.45, 7) is 6.70. The maximum absolute atomic E-state index is 12.0. The monoisotopic (exact) mass is 304 g/mol. The molecule has 0 bridgehead atoms. The van der Waals surface area contributed by atoms with Crippen molar-refractivity contribution in [2.24, 2.45) is 0 Å². The fourth-order valence-electron chi connectivity index (χ4n) is 2.38. The summed E-state index contributed by atoms with van der Waals surface area (Å²) in [7, 11) is 0. The Kier molecular flexibility index (Phi) is 3.59. The molecule has 0 radical (unpaired) electrons. The van der Waals surface area contributed by atoms with Gasteiger partial charge in [-0.05, 0) is 6.42 Å². The van der Waals surface area contributed by atoms with Gasteiger partial charge in [0.1, 0.15) is 17.9 Å². The fourth-order valence-corrected chi connectivity index (χ4v) is 2.38. The number of aryl methyl sites for hydroxylation is 1. The van der Waals surface area contributed by atoms with Crippen LogP contribution in [0.1, 0.15) is 38.8 Å². The van der Waals surface area contributed by atoms with Crippen molar-refractivity contribution in [3.8, 4) is 0 Å². The zero-order valence-corrected chi connectivity index (χ0v) is 13.0. The van der Waals surface area contributed by atoms with Gasteiger partial charge in [0, 0.05) is 17.9 Å². The number of hydrogen-bond acceptors (Lipinski definition) is 5. The Morgan fingerprint density at radius 1 is 1.45 bits per heavy atom. The third-order valence-electron chi connectivity index (χ3n) is 3.63. The number of aromatic nitrogens is 4. The Morgan fingerprint density at radius 2 is 2.27 bits per heavy atom. The van der Waals surface area contributed by atoms with Gasteiger partial charge >= 0.3 is 6.03 Å². The van der Waals surface area contributed by atoms with Crippen molar-refractivity contribution in [3.05, 3.63) is 24.0 Å². The number of nitrogens with one attached hydrogen (secondary N) is 2. The first-order chi connectivity index (χ1) is 10.4. The molecule has 8 heteroatoms. The molecule has 118 valence electrons. The lowest BCUT2D eigenvalue weighted by Gasteiger charge is -2.23. The molecule has 3 rings (SSSR count). The van der Waals surface area contributed by atoms with E-state index in [1.54, 1.807) is 12.4 Å². The third-order valence-corrected chi connectivity index (χ3v) is 3.63. The van der Waals surface area contributed by atoms with Gasteiger partial charge in [0.25, 0.3) is 0 Å². The van der Waals surface area contributed by atoms with Crippen LogP contribution in [0.3, 0.4) is 0 Å². The molecule has 1 aliphatic heterocycles. The fraction of sp³-hybridized carbons (Fsp3) is 0.571. The predicted octanol–water partition coefficient (Wildman–Crippen LogP) is 1.70. The van der Waals surface area contributed by atoms with Crippen LogP contribution in [0.25, 0.3) is 0 Å². The van der Waals surface area contributed by atoms with E-state index in [9.17, 15) is 4.79 Å². The molecule has 2 amide bonds. The highest BCUT2D eigenvalue weighted by molar-refractivity contribution is 5.88. The van der Waals surface area contributed by atoms with Crippen LogP contribution in [-0.4, -0.2) is 32.0 Å². The summed E-state index contributed by atoms with van der Waals surface area (Å²) in [4.78, 5) is 16.2. The summed E-state index contributed by atoms with van der Waals surface area (Å²) < 4.78 is 7.06. The van der Waals surface area contributed by atoms with Gasteiger partial charge in [0.05, 0.1) is 12.6 Å². The maximum Gasteiger partial charge on any atom is 0.320 e. The molecule has 0 fully saturated rings. The van der Waals surface area contributed by atoms with E-state index in [0.717, 1.165) is 24.4 Å². The van der Waals surface area contributed by atoms with Crippen LogP contribution in [-0.2, 0) is 18.4 Å². The van der Waals surface area contributed by atoms with Crippen LogP contribution in [0.15, 0.2) is 16.9 Å². The van der Waals surface area contributed by atoms with Crippen molar-refractivity contribution in [3.63, 3.8) is 0 Å². The molecular formula is C14H20N6O2. The molecule has 1 atom stereocenters. The standard InChI is InChI=1S/C14H20N6O2/c1-14(2,3)10-6-11(19-22-10)18-13(21)17-9-4-5-12-15-8-16-20(12)7-9/h6,8-9H,4-5,7H2,1-3H3,(H2,17,18,19,21)/t9-/m1/s1. The topological polar surface area (TPSA) is 97.9 Å². The maximum atomic E-state index is 12.0. The number of nitrogens with zero attached hydrogens (tertiary/aromatic N) is 4. The Labute approximate surface area is 128 Å². The molecule has 0 unspecified atom stereocenters. The first kappa shape index (κ1) is 14.6. The van der Waals surface area contributed by atoms with Gasteiger partial charge in [-0.1, -0.05) is 25.9 Å². The number of urea groups is 1. The van der Waals surface area contributed by atoms with Gasteiger partial charge in [-0.25, -0.2) is 14.5 Å². The molecule has 0 aliphatic carbocycles. The number of amides is 2. The van der Waals surface area contributed by atoms with Crippen LogP contribution in [0.4, 0.5) is 10.6 Å². The molecule has 0 saturated carbocycles. The smallest absolute Gasteiger partial charge is 0.320 e. The predicted molar refractivity (Wildman–Crippen MR) is 79.5 cm³/mol. The number of hydrogen-bond donors (Lipinski definition) is 2. The Hall–Kier alpha value is -2.38. The lowest BCUT2D eigenvalue weighted by atomic mass is 9.93. The van der Waals surface area contributed by atoms with Crippen LogP contribution < -0.4 is 10.6 Å². The molecule has 0 spiro atoms. The summed E-state index contributed by atoms with van der Waals surface area (Å²) in [6, 6.07) is 1.49. The lowest BCUT2D eigenvalue weighted by Crippen LogP contribution is -2.43. The van der Waals surface area contributed by atoms with E-state index < -0.39 is 0 Å². The number of anilines is 1. The summed E-state index contributed by atoms with van der Waals surface area (Å²) >= 11 is 0. The van der Waals surface area contributed by atoms with E-state index in [1.165, 1.54) is 0 Å². The van der Waals surface area contributed by atoms with Gasteiger partial charge in [-0.15, -0.1) is 0 Å². The number of rotatable bonds is 2. The molecule has 2 N–H and O–H groups in total. The van der Waals surface area contributed by atoms with Gasteiger partial charge in [-0.2, -0.15) is 5.10 Å². The van der Waals surface area contributed by atoms with Gasteiger partial charge in [0.15, 0.2) is 5.82 Å². The molecule has 0 aromatic carbocycles. The minimum Gasteiger partial charge on any atom is -0.359 e. The molecule has 1 aliphatic rings. The summed E-state index contributed by atoms with van der Waals surface area (Å²) in [5.41, 5.74) is -0.143. The van der Waals surface area contributed by atoms with Crippen LogP contribution in [0.5, 0.6) is 0 Å². The summed E-state index contributed by atoms with van der Waals surface area (Å²) in [5.74, 6) is 2.11. The Morgan fingerprint density at radius 3 is 3.00 bits per heavy atom. The molecule has 8 nitrogen and oxygen atoms in total. The number of carbonyl (C=O) groups excluding carboxylic acids is 1. The third kappa shape index (κ3) is 3.10. The van der Waals surface area contributed by atoms with E-state index in [-0.39, 0.29) is 17.5 Å². The van der Waals surface area contributed by atoms with Crippen molar-refractivity contribution >= 4 is 11.8 Å². The van der Waals surface area contributed by atoms with Crippen molar-refractivity contribution < 1.29 is 9.32 Å². The van der Waals surface area contributed by atoms with Crippen molar-refractivity contribution in [2.75, 3.05) is 5.32 Å².